The number of nitrogens with zero attached hydrogens (tertiary/aromatic N) is 2. The molecule has 24 heavy (non-hydrogen) atoms. The molecule has 0 N–H and O–H groups in total. The van der Waals surface area contributed by atoms with Gasteiger partial charge in [0, 0.05) is 17.9 Å². The Hall–Kier alpha value is -2.27. The molecule has 1 saturated heterocycles. The van der Waals surface area contributed by atoms with Crippen LogP contribution in [-0.4, -0.2) is 35.4 Å². The summed E-state index contributed by atoms with van der Waals surface area (Å²) in [5, 5.41) is 0.734. The summed E-state index contributed by atoms with van der Waals surface area (Å²) < 4.78 is 5.36. The second-order valence-electron chi connectivity index (χ2n) is 5.59. The number of ether oxygens (including phenoxy) is 1. The minimum atomic E-state index is -0.000419. The van der Waals surface area contributed by atoms with Gasteiger partial charge in [0.05, 0.1) is 7.11 Å². The molecule has 5 heteroatoms. The Morgan fingerprint density at radius 2 is 2.04 bits per heavy atom. The van der Waals surface area contributed by atoms with Gasteiger partial charge in [0.15, 0.2) is 5.17 Å². The highest BCUT2D eigenvalue weighted by Gasteiger charge is 2.25. The molecule has 0 aromatic heterocycles. The fraction of sp³-hybridized carbons (Fsp3) is 0.263. The van der Waals surface area contributed by atoms with Crippen LogP contribution in [0.5, 0.6) is 5.75 Å². The maximum atomic E-state index is 12.9. The number of aryl methyl sites for hydroxylation is 1. The summed E-state index contributed by atoms with van der Waals surface area (Å²) in [6.45, 7) is 2.68. The lowest BCUT2D eigenvalue weighted by molar-refractivity contribution is 0.0849. The molecular formula is C19H20N2O2S. The van der Waals surface area contributed by atoms with E-state index in [9.17, 15) is 4.79 Å². The molecular weight excluding hydrogens is 320 g/mol. The zero-order chi connectivity index (χ0) is 16.9. The van der Waals surface area contributed by atoms with Crippen molar-refractivity contribution in [1.29, 1.82) is 0 Å². The van der Waals surface area contributed by atoms with Crippen LogP contribution in [0, 0.1) is 6.92 Å². The third-order valence-corrected chi connectivity index (χ3v) is 4.86. The first-order valence-electron chi connectivity index (χ1n) is 7.92. The Balaban J connectivity index is 1.93. The summed E-state index contributed by atoms with van der Waals surface area (Å²) in [5.41, 5.74) is 2.52. The van der Waals surface area contributed by atoms with Crippen LogP contribution < -0.4 is 4.74 Å². The molecule has 1 heterocycles. The van der Waals surface area contributed by atoms with Crippen molar-refractivity contribution in [2.45, 2.75) is 13.3 Å². The highest BCUT2D eigenvalue weighted by atomic mass is 32.2. The molecule has 0 atom stereocenters. The number of amidine groups is 1. The third-order valence-electron chi connectivity index (χ3n) is 3.80. The van der Waals surface area contributed by atoms with E-state index in [0.717, 1.165) is 28.6 Å². The van der Waals surface area contributed by atoms with E-state index >= 15 is 0 Å². The van der Waals surface area contributed by atoms with E-state index in [0.29, 0.717) is 17.9 Å². The van der Waals surface area contributed by atoms with E-state index < -0.39 is 0 Å². The van der Waals surface area contributed by atoms with Gasteiger partial charge >= 0.3 is 0 Å². The molecule has 1 aliphatic heterocycles. The summed E-state index contributed by atoms with van der Waals surface area (Å²) in [5.74, 6) is 1.67. The molecule has 0 bridgehead atoms. The average Bonchev–Trinajstić information content (AvgIpc) is 2.62. The number of benzene rings is 2. The topological polar surface area (TPSA) is 41.9 Å². The van der Waals surface area contributed by atoms with Gasteiger partial charge in [-0.2, -0.15) is 0 Å². The summed E-state index contributed by atoms with van der Waals surface area (Å²) >= 11 is 1.61. The van der Waals surface area contributed by atoms with Gasteiger partial charge in [-0.1, -0.05) is 41.6 Å². The first-order valence-corrected chi connectivity index (χ1v) is 8.90. The largest absolute Gasteiger partial charge is 0.494 e. The van der Waals surface area contributed by atoms with Crippen molar-refractivity contribution in [1.82, 2.24) is 4.90 Å². The first kappa shape index (κ1) is 16.6. The predicted molar refractivity (Wildman–Crippen MR) is 99.4 cm³/mol. The van der Waals surface area contributed by atoms with Gasteiger partial charge < -0.3 is 4.74 Å². The normalized spacial score (nSPS) is 16.2. The zero-order valence-electron chi connectivity index (χ0n) is 13.9. The minimum Gasteiger partial charge on any atom is -0.494 e. The van der Waals surface area contributed by atoms with Crippen LogP contribution in [0.2, 0.25) is 0 Å². The summed E-state index contributed by atoms with van der Waals surface area (Å²) in [4.78, 5) is 19.4. The van der Waals surface area contributed by atoms with Crippen LogP contribution in [-0.2, 0) is 0 Å². The zero-order valence-corrected chi connectivity index (χ0v) is 14.7. The quantitative estimate of drug-likeness (QED) is 0.838. The molecule has 1 amide bonds. The van der Waals surface area contributed by atoms with Crippen molar-refractivity contribution < 1.29 is 9.53 Å². The first-order chi connectivity index (χ1) is 11.7. The molecule has 0 spiro atoms. The number of thioether (sulfide) groups is 1. The van der Waals surface area contributed by atoms with E-state index in [2.05, 4.69) is 0 Å². The molecule has 0 aliphatic carbocycles. The number of carbonyl (C=O) groups excluding carboxylic acids is 1. The number of carbonyl (C=O) groups is 1. The van der Waals surface area contributed by atoms with Gasteiger partial charge in [0.25, 0.3) is 5.91 Å². The van der Waals surface area contributed by atoms with Gasteiger partial charge in [-0.3, -0.25) is 9.69 Å². The molecule has 4 nitrogen and oxygen atoms in total. The molecule has 1 aliphatic rings. The predicted octanol–water partition coefficient (Wildman–Crippen LogP) is 4.27. The SMILES string of the molecule is COc1ccccc1N=C1SCCCN1C(=O)c1cccc(C)c1. The van der Waals surface area contributed by atoms with Crippen molar-refractivity contribution in [3.8, 4) is 5.75 Å². The van der Waals surface area contributed by atoms with E-state index in [1.165, 1.54) is 0 Å². The number of rotatable bonds is 3. The number of aliphatic imine (C=N–C) groups is 1. The van der Waals surface area contributed by atoms with Gasteiger partial charge in [-0.25, -0.2) is 4.99 Å². The molecule has 124 valence electrons. The summed E-state index contributed by atoms with van der Waals surface area (Å²) in [7, 11) is 1.63. The lowest BCUT2D eigenvalue weighted by atomic mass is 10.1. The fourth-order valence-electron chi connectivity index (χ4n) is 2.60. The smallest absolute Gasteiger partial charge is 0.259 e. The Morgan fingerprint density at radius 3 is 2.83 bits per heavy atom. The van der Waals surface area contributed by atoms with Crippen LogP contribution in [0.25, 0.3) is 0 Å². The van der Waals surface area contributed by atoms with Crippen LogP contribution in [0.4, 0.5) is 5.69 Å². The number of hydrogen-bond donors (Lipinski definition) is 0. The van der Waals surface area contributed by atoms with Gasteiger partial charge in [0.1, 0.15) is 11.4 Å². The lowest BCUT2D eigenvalue weighted by Gasteiger charge is -2.28. The maximum absolute atomic E-state index is 12.9. The van der Waals surface area contributed by atoms with Crippen molar-refractivity contribution in [2.24, 2.45) is 4.99 Å². The van der Waals surface area contributed by atoms with Crippen LogP contribution in [0.1, 0.15) is 22.3 Å². The molecule has 0 radical (unpaired) electrons. The van der Waals surface area contributed by atoms with Crippen molar-refractivity contribution in [3.05, 3.63) is 59.7 Å². The van der Waals surface area contributed by atoms with E-state index in [4.69, 9.17) is 9.73 Å². The van der Waals surface area contributed by atoms with Crippen LogP contribution in [0.15, 0.2) is 53.5 Å². The van der Waals surface area contributed by atoms with E-state index in [-0.39, 0.29) is 5.91 Å². The molecule has 0 unspecified atom stereocenters. The van der Waals surface area contributed by atoms with Crippen LogP contribution in [0.3, 0.4) is 0 Å². The Morgan fingerprint density at radius 1 is 1.21 bits per heavy atom. The van der Waals surface area contributed by atoms with Gasteiger partial charge in [-0.15, -0.1) is 0 Å². The maximum Gasteiger partial charge on any atom is 0.259 e. The van der Waals surface area contributed by atoms with Gasteiger partial charge in [0.2, 0.25) is 0 Å². The number of amides is 1. The Kier molecular flexibility index (Phi) is 5.20. The monoisotopic (exact) mass is 340 g/mol. The van der Waals surface area contributed by atoms with Gasteiger partial charge in [-0.05, 0) is 37.6 Å². The fourth-order valence-corrected chi connectivity index (χ4v) is 3.55. The summed E-state index contributed by atoms with van der Waals surface area (Å²) in [6.07, 6.45) is 0.965. The second-order valence-corrected chi connectivity index (χ2v) is 6.66. The minimum absolute atomic E-state index is 0.000419. The number of para-hydroxylation sites is 2. The molecule has 1 fully saturated rings. The Bertz CT molecular complexity index is 773. The number of hydrogen-bond acceptors (Lipinski definition) is 4. The van der Waals surface area contributed by atoms with Crippen molar-refractivity contribution >= 4 is 28.5 Å². The molecule has 0 saturated carbocycles. The standard InChI is InChI=1S/C19H20N2O2S/c1-14-7-5-8-15(13-14)18(22)21-11-6-12-24-19(21)20-16-9-3-4-10-17(16)23-2/h3-5,7-10,13H,6,11-12H2,1-2H3. The second kappa shape index (κ2) is 7.53. The van der Waals surface area contributed by atoms with Crippen molar-refractivity contribution in [3.63, 3.8) is 0 Å². The van der Waals surface area contributed by atoms with E-state index in [1.807, 2.05) is 55.5 Å². The summed E-state index contributed by atoms with van der Waals surface area (Å²) in [6, 6.07) is 15.3. The molecule has 3 rings (SSSR count). The lowest BCUT2D eigenvalue weighted by Crippen LogP contribution is -2.39. The highest BCUT2D eigenvalue weighted by Crippen LogP contribution is 2.30. The number of methoxy groups -OCH3 is 1. The van der Waals surface area contributed by atoms with Crippen molar-refractivity contribution in [2.75, 3.05) is 19.4 Å². The molecule has 2 aromatic rings. The Labute approximate surface area is 146 Å². The highest BCUT2D eigenvalue weighted by molar-refractivity contribution is 8.13. The third kappa shape index (κ3) is 3.62. The van der Waals surface area contributed by atoms with Crippen LogP contribution >= 0.6 is 11.8 Å². The van der Waals surface area contributed by atoms with E-state index in [1.54, 1.807) is 23.8 Å². The molecule has 2 aromatic carbocycles. The average molecular weight is 340 g/mol.